The third kappa shape index (κ3) is 4.58. The molecule has 24 heavy (non-hydrogen) atoms. The summed E-state index contributed by atoms with van der Waals surface area (Å²) in [6, 6.07) is 11.2. The van der Waals surface area contributed by atoms with Gasteiger partial charge in [-0.15, -0.1) is 0 Å². The monoisotopic (exact) mass is 345 g/mol. The van der Waals surface area contributed by atoms with Gasteiger partial charge in [0.15, 0.2) is 15.8 Å². The van der Waals surface area contributed by atoms with E-state index in [0.29, 0.717) is 23.0 Å². The van der Waals surface area contributed by atoms with Crippen molar-refractivity contribution in [1.82, 2.24) is 0 Å². The van der Waals surface area contributed by atoms with Crippen molar-refractivity contribution in [2.75, 3.05) is 11.6 Å². The molecule has 2 aromatic carbocycles. The normalized spacial score (nSPS) is 12.2. The second-order valence-electron chi connectivity index (χ2n) is 6.00. The Morgan fingerprint density at radius 3 is 2.33 bits per heavy atom. The lowest BCUT2D eigenvalue weighted by Crippen LogP contribution is -2.22. The Hall–Kier alpha value is -2.34. The Kier molecular flexibility index (Phi) is 5.29. The summed E-state index contributed by atoms with van der Waals surface area (Å²) in [4.78, 5) is 4.65. The van der Waals surface area contributed by atoms with E-state index in [1.165, 1.54) is 17.4 Å². The summed E-state index contributed by atoms with van der Waals surface area (Å²) in [6.45, 7) is 6.26. The van der Waals surface area contributed by atoms with E-state index < -0.39 is 9.84 Å². The van der Waals surface area contributed by atoms with Crippen LogP contribution in [0.1, 0.15) is 22.3 Å². The first-order valence-corrected chi connectivity index (χ1v) is 9.50. The molecule has 5 nitrogen and oxygen atoms in total. The van der Waals surface area contributed by atoms with Gasteiger partial charge in [-0.25, -0.2) is 13.4 Å². The Morgan fingerprint density at radius 2 is 1.75 bits per heavy atom. The molecule has 0 atom stereocenters. The number of anilines is 1. The van der Waals surface area contributed by atoms with E-state index in [-0.39, 0.29) is 0 Å². The van der Waals surface area contributed by atoms with Gasteiger partial charge >= 0.3 is 0 Å². The molecule has 0 unspecified atom stereocenters. The molecular formula is C18H23N3O2S. The second-order valence-corrected chi connectivity index (χ2v) is 7.98. The number of sulfone groups is 1. The number of rotatable bonds is 4. The molecule has 3 N–H and O–H groups in total. The summed E-state index contributed by atoms with van der Waals surface area (Å²) >= 11 is 0. The van der Waals surface area contributed by atoms with E-state index in [1.807, 2.05) is 31.2 Å². The molecule has 2 aromatic rings. The molecule has 0 saturated carbocycles. The molecule has 2 rings (SSSR count). The molecule has 0 heterocycles. The van der Waals surface area contributed by atoms with Crippen LogP contribution >= 0.6 is 0 Å². The topological polar surface area (TPSA) is 84.5 Å². The van der Waals surface area contributed by atoms with E-state index in [2.05, 4.69) is 17.2 Å². The van der Waals surface area contributed by atoms with Crippen molar-refractivity contribution in [3.8, 4) is 0 Å². The van der Waals surface area contributed by atoms with Crippen molar-refractivity contribution < 1.29 is 8.42 Å². The molecule has 0 saturated heterocycles. The van der Waals surface area contributed by atoms with E-state index >= 15 is 0 Å². The van der Waals surface area contributed by atoms with Crippen molar-refractivity contribution in [1.29, 1.82) is 0 Å². The zero-order valence-corrected chi connectivity index (χ0v) is 15.2. The van der Waals surface area contributed by atoms with Gasteiger partial charge in [-0.2, -0.15) is 0 Å². The van der Waals surface area contributed by atoms with Gasteiger partial charge in [0, 0.05) is 11.9 Å². The minimum Gasteiger partial charge on any atom is -0.370 e. The number of hydrogen-bond acceptors (Lipinski definition) is 3. The molecular weight excluding hydrogens is 322 g/mol. The predicted octanol–water partition coefficient (Wildman–Crippen LogP) is 2.94. The highest BCUT2D eigenvalue weighted by Crippen LogP contribution is 2.17. The molecule has 0 aliphatic carbocycles. The highest BCUT2D eigenvalue weighted by molar-refractivity contribution is 7.90. The van der Waals surface area contributed by atoms with Crippen molar-refractivity contribution in [2.45, 2.75) is 32.2 Å². The molecule has 0 amide bonds. The molecule has 0 aliphatic heterocycles. The van der Waals surface area contributed by atoms with Gasteiger partial charge in [0.1, 0.15) is 0 Å². The summed E-state index contributed by atoms with van der Waals surface area (Å²) in [5.41, 5.74) is 10.8. The van der Waals surface area contributed by atoms with Gasteiger partial charge in [-0.3, -0.25) is 0 Å². The van der Waals surface area contributed by atoms with Gasteiger partial charge in [0.2, 0.25) is 0 Å². The number of benzene rings is 2. The smallest absolute Gasteiger partial charge is 0.193 e. The fraction of sp³-hybridized carbons (Fsp3) is 0.278. The Bertz CT molecular complexity index is 887. The van der Waals surface area contributed by atoms with Crippen LogP contribution in [0.5, 0.6) is 0 Å². The Morgan fingerprint density at radius 1 is 1.04 bits per heavy atom. The summed E-state index contributed by atoms with van der Waals surface area (Å²) in [6.07, 6.45) is 1.21. The third-order valence-corrected chi connectivity index (χ3v) is 5.11. The minimum atomic E-state index is -3.20. The maximum absolute atomic E-state index is 11.6. The largest absolute Gasteiger partial charge is 0.370 e. The van der Waals surface area contributed by atoms with Crippen LogP contribution in [-0.2, 0) is 16.4 Å². The highest BCUT2D eigenvalue weighted by atomic mass is 32.2. The molecule has 0 bridgehead atoms. The number of nitrogens with zero attached hydrogens (tertiary/aromatic N) is 1. The van der Waals surface area contributed by atoms with Crippen LogP contribution in [0.15, 0.2) is 46.3 Å². The first kappa shape index (κ1) is 18.0. The number of aliphatic imine (C=N–C) groups is 1. The Labute approximate surface area is 143 Å². The summed E-state index contributed by atoms with van der Waals surface area (Å²) in [5, 5.41) is 3.06. The number of nitrogens with two attached hydrogens (primary N) is 1. The maximum Gasteiger partial charge on any atom is 0.193 e. The first-order valence-electron chi connectivity index (χ1n) is 7.60. The Balaban J connectivity index is 2.09. The van der Waals surface area contributed by atoms with Gasteiger partial charge < -0.3 is 11.1 Å². The summed E-state index contributed by atoms with van der Waals surface area (Å²) in [5.74, 6) is 0.322. The summed E-state index contributed by atoms with van der Waals surface area (Å²) < 4.78 is 23.3. The molecule has 0 radical (unpaired) electrons. The summed E-state index contributed by atoms with van der Waals surface area (Å²) in [7, 11) is -3.20. The second kappa shape index (κ2) is 7.05. The van der Waals surface area contributed by atoms with Crippen LogP contribution in [-0.4, -0.2) is 20.6 Å². The van der Waals surface area contributed by atoms with Crippen LogP contribution in [0.4, 0.5) is 5.69 Å². The van der Waals surface area contributed by atoms with E-state index in [4.69, 9.17) is 5.73 Å². The van der Waals surface area contributed by atoms with Crippen LogP contribution in [0.3, 0.4) is 0 Å². The minimum absolute atomic E-state index is 0.322. The van der Waals surface area contributed by atoms with Gasteiger partial charge in [0.25, 0.3) is 0 Å². The molecule has 0 aromatic heterocycles. The average molecular weight is 345 g/mol. The molecule has 128 valence electrons. The molecule has 6 heteroatoms. The number of nitrogens with one attached hydrogen (secondary N) is 1. The van der Waals surface area contributed by atoms with Crippen LogP contribution < -0.4 is 11.1 Å². The van der Waals surface area contributed by atoms with Gasteiger partial charge in [-0.05, 0) is 61.2 Å². The highest BCUT2D eigenvalue weighted by Gasteiger charge is 2.10. The van der Waals surface area contributed by atoms with Crippen LogP contribution in [0.2, 0.25) is 0 Å². The number of hydrogen-bond donors (Lipinski definition) is 2. The van der Waals surface area contributed by atoms with Crippen molar-refractivity contribution in [3.05, 3.63) is 58.7 Å². The zero-order valence-electron chi connectivity index (χ0n) is 14.4. The fourth-order valence-electron chi connectivity index (χ4n) is 2.41. The van der Waals surface area contributed by atoms with Crippen molar-refractivity contribution in [3.63, 3.8) is 0 Å². The number of guanidine groups is 1. The predicted molar refractivity (Wildman–Crippen MR) is 99.2 cm³/mol. The van der Waals surface area contributed by atoms with Crippen molar-refractivity contribution in [2.24, 2.45) is 10.7 Å². The zero-order chi connectivity index (χ0) is 17.9. The lowest BCUT2D eigenvalue weighted by molar-refractivity contribution is 0.601. The van der Waals surface area contributed by atoms with Gasteiger partial charge in [-0.1, -0.05) is 18.2 Å². The average Bonchev–Trinajstić information content (AvgIpc) is 2.48. The maximum atomic E-state index is 11.6. The third-order valence-electron chi connectivity index (χ3n) is 3.85. The lowest BCUT2D eigenvalue weighted by atomic mass is 10.1. The van der Waals surface area contributed by atoms with E-state index in [0.717, 1.165) is 11.3 Å². The molecule has 0 fully saturated rings. The van der Waals surface area contributed by atoms with Crippen LogP contribution in [0, 0.1) is 20.8 Å². The molecule has 0 spiro atoms. The lowest BCUT2D eigenvalue weighted by Gasteiger charge is -2.09. The van der Waals surface area contributed by atoms with Gasteiger partial charge in [0.05, 0.1) is 11.4 Å². The van der Waals surface area contributed by atoms with E-state index in [9.17, 15) is 8.42 Å². The quantitative estimate of drug-likeness (QED) is 0.659. The fourth-order valence-corrected chi connectivity index (χ4v) is 3.37. The standard InChI is InChI=1S/C18H23N3O2S/c1-12-5-7-16(10-13(12)2)21-18(19)20-11-15-6-8-17(14(3)9-15)24(4,22)23/h5-10H,11H2,1-4H3,(H3,19,20,21). The first-order chi connectivity index (χ1) is 11.2. The van der Waals surface area contributed by atoms with E-state index in [1.54, 1.807) is 19.1 Å². The molecule has 0 aliphatic rings. The van der Waals surface area contributed by atoms with Crippen molar-refractivity contribution >= 4 is 21.5 Å². The number of aryl methyl sites for hydroxylation is 3. The SMILES string of the molecule is Cc1ccc(NC(N)=NCc2ccc(S(C)(=O)=O)c(C)c2)cc1C. The van der Waals surface area contributed by atoms with Crippen LogP contribution in [0.25, 0.3) is 0 Å².